The Balaban J connectivity index is 0.00000220. The quantitative estimate of drug-likeness (QED) is 0.678. The summed E-state index contributed by atoms with van der Waals surface area (Å²) >= 11 is 1.34. The molecule has 0 saturated heterocycles. The van der Waals surface area contributed by atoms with Crippen LogP contribution in [0.5, 0.6) is 5.75 Å². The minimum Gasteiger partial charge on any atom is -0.467 e. The van der Waals surface area contributed by atoms with Gasteiger partial charge in [0, 0.05) is 37.2 Å². The molecule has 1 aliphatic rings. The van der Waals surface area contributed by atoms with Crippen molar-refractivity contribution in [2.75, 3.05) is 20.9 Å². The van der Waals surface area contributed by atoms with E-state index in [0.29, 0.717) is 23.2 Å². The summed E-state index contributed by atoms with van der Waals surface area (Å²) in [4.78, 5) is 1.86. The van der Waals surface area contributed by atoms with Crippen molar-refractivity contribution in [1.82, 2.24) is 4.90 Å². The fraction of sp³-hybridized carbons (Fsp3) is 0.357. The molecule has 0 amide bonds. The largest absolute Gasteiger partial charge is 0.467 e. The molecule has 1 N–H and O–H groups in total. The number of benzene rings is 1. The molecule has 4 nitrogen and oxygen atoms in total. The van der Waals surface area contributed by atoms with Crippen molar-refractivity contribution in [3.8, 4) is 5.75 Å². The number of fused-ring (bicyclic) bond motifs is 1. The van der Waals surface area contributed by atoms with Crippen molar-refractivity contribution in [2.45, 2.75) is 12.4 Å². The Labute approximate surface area is 134 Å². The highest BCUT2D eigenvalue weighted by atomic mass is 35.5. The van der Waals surface area contributed by atoms with Crippen LogP contribution in [0.1, 0.15) is 11.1 Å². The fourth-order valence-electron chi connectivity index (χ4n) is 1.78. The summed E-state index contributed by atoms with van der Waals surface area (Å²) in [6.45, 7) is 0.553. The zero-order chi connectivity index (χ0) is 14.5. The smallest absolute Gasteiger partial charge is 0.189 e. The molecule has 7 heteroatoms. The Morgan fingerprint density at radius 1 is 1.48 bits per heavy atom. The van der Waals surface area contributed by atoms with Gasteiger partial charge in [0.25, 0.3) is 0 Å². The van der Waals surface area contributed by atoms with Crippen molar-refractivity contribution < 1.29 is 13.9 Å². The second-order valence-electron chi connectivity index (χ2n) is 4.60. The molecule has 0 bridgehead atoms. The van der Waals surface area contributed by atoms with Gasteiger partial charge in [-0.15, -0.1) is 24.2 Å². The van der Waals surface area contributed by atoms with E-state index in [1.54, 1.807) is 12.3 Å². The lowest BCUT2D eigenvalue weighted by atomic mass is 10.1. The summed E-state index contributed by atoms with van der Waals surface area (Å²) in [5.74, 6) is 0.884. The third kappa shape index (κ3) is 5.22. The van der Waals surface area contributed by atoms with Crippen LogP contribution in [0.2, 0.25) is 0 Å². The zero-order valence-electron chi connectivity index (χ0n) is 11.9. The van der Waals surface area contributed by atoms with Crippen molar-refractivity contribution in [1.29, 1.82) is 5.41 Å². The lowest BCUT2D eigenvalue weighted by Crippen LogP contribution is -2.13. The predicted octanol–water partition coefficient (Wildman–Crippen LogP) is 3.40. The van der Waals surface area contributed by atoms with Gasteiger partial charge in [0.15, 0.2) is 6.79 Å². The lowest BCUT2D eigenvalue weighted by molar-refractivity contribution is -0.0171. The molecule has 116 valence electrons. The van der Waals surface area contributed by atoms with Crippen LogP contribution >= 0.6 is 24.2 Å². The van der Waals surface area contributed by atoms with Gasteiger partial charge in [0.1, 0.15) is 11.6 Å². The molecule has 1 aromatic carbocycles. The van der Waals surface area contributed by atoms with Gasteiger partial charge in [-0.05, 0) is 18.2 Å². The van der Waals surface area contributed by atoms with E-state index in [1.165, 1.54) is 23.9 Å². The Hall–Kier alpha value is -1.24. The van der Waals surface area contributed by atoms with E-state index in [4.69, 9.17) is 14.9 Å². The Bertz CT molecular complexity index is 538. The average Bonchev–Trinajstić information content (AvgIpc) is 2.42. The molecule has 1 aromatic rings. The standard InChI is InChI=1S/C14H17FN2O2S.ClH/c1-17(2)4-3-13(16)20-8-11-6-12(15)5-10-7-18-9-19-14(10)11;/h3-6,16H,7-9H2,1-2H3;1H. The summed E-state index contributed by atoms with van der Waals surface area (Å²) in [5, 5.41) is 8.24. The molecule has 1 heterocycles. The molecule has 0 unspecified atom stereocenters. The summed E-state index contributed by atoms with van der Waals surface area (Å²) in [6.07, 6.45) is 3.51. The molecule has 0 radical (unpaired) electrons. The van der Waals surface area contributed by atoms with Crippen LogP contribution in [0.4, 0.5) is 4.39 Å². The first-order valence-electron chi connectivity index (χ1n) is 6.14. The van der Waals surface area contributed by atoms with Crippen molar-refractivity contribution in [3.63, 3.8) is 0 Å². The van der Waals surface area contributed by atoms with Gasteiger partial charge in [-0.25, -0.2) is 4.39 Å². The highest BCUT2D eigenvalue weighted by Crippen LogP contribution is 2.32. The van der Waals surface area contributed by atoms with E-state index >= 15 is 0 Å². The highest BCUT2D eigenvalue weighted by molar-refractivity contribution is 8.13. The number of thioether (sulfide) groups is 1. The molecule has 1 aliphatic heterocycles. The number of nitrogens with one attached hydrogen (secondary N) is 1. The van der Waals surface area contributed by atoms with E-state index < -0.39 is 0 Å². The van der Waals surface area contributed by atoms with Crippen LogP contribution in [0.25, 0.3) is 0 Å². The fourth-order valence-corrected chi connectivity index (χ4v) is 2.47. The number of ether oxygens (including phenoxy) is 2. The maximum absolute atomic E-state index is 13.5. The molecule has 0 fully saturated rings. The number of rotatable bonds is 4. The minimum absolute atomic E-state index is 0. The molecular formula is C14H18ClFN2O2S. The van der Waals surface area contributed by atoms with E-state index in [1.807, 2.05) is 19.0 Å². The van der Waals surface area contributed by atoms with Crippen molar-refractivity contribution >= 4 is 29.2 Å². The first-order valence-corrected chi connectivity index (χ1v) is 7.12. The monoisotopic (exact) mass is 332 g/mol. The Kier molecular flexibility index (Phi) is 7.01. The Morgan fingerprint density at radius 3 is 2.95 bits per heavy atom. The molecule has 0 aromatic heterocycles. The summed E-state index contributed by atoms with van der Waals surface area (Å²) in [6, 6.07) is 2.89. The summed E-state index contributed by atoms with van der Waals surface area (Å²) in [7, 11) is 3.79. The topological polar surface area (TPSA) is 45.6 Å². The molecule has 0 spiro atoms. The molecule has 21 heavy (non-hydrogen) atoms. The van der Waals surface area contributed by atoms with Gasteiger partial charge in [0.05, 0.1) is 11.7 Å². The minimum atomic E-state index is -0.302. The van der Waals surface area contributed by atoms with Gasteiger partial charge in [-0.3, -0.25) is 5.41 Å². The van der Waals surface area contributed by atoms with Crippen molar-refractivity contribution in [2.24, 2.45) is 0 Å². The summed E-state index contributed by atoms with van der Waals surface area (Å²) in [5.41, 5.74) is 1.48. The zero-order valence-corrected chi connectivity index (χ0v) is 13.5. The predicted molar refractivity (Wildman–Crippen MR) is 85.8 cm³/mol. The first kappa shape index (κ1) is 17.8. The second-order valence-corrected chi connectivity index (χ2v) is 5.61. The third-order valence-electron chi connectivity index (χ3n) is 2.66. The second kappa shape index (κ2) is 8.26. The van der Waals surface area contributed by atoms with Crippen LogP contribution in [0, 0.1) is 11.2 Å². The normalized spacial score (nSPS) is 13.3. The van der Waals surface area contributed by atoms with Gasteiger partial charge in [-0.1, -0.05) is 0 Å². The van der Waals surface area contributed by atoms with Crippen LogP contribution in [0.15, 0.2) is 24.4 Å². The maximum Gasteiger partial charge on any atom is 0.189 e. The Morgan fingerprint density at radius 2 is 2.24 bits per heavy atom. The van der Waals surface area contributed by atoms with Crippen LogP contribution in [-0.2, 0) is 17.1 Å². The maximum atomic E-state index is 13.5. The third-order valence-corrected chi connectivity index (χ3v) is 3.56. The van der Waals surface area contributed by atoms with Gasteiger partial charge < -0.3 is 14.4 Å². The van der Waals surface area contributed by atoms with Crippen LogP contribution < -0.4 is 4.74 Å². The number of hydrogen-bond donors (Lipinski definition) is 1. The van der Waals surface area contributed by atoms with E-state index in [2.05, 4.69) is 0 Å². The van der Waals surface area contributed by atoms with Crippen molar-refractivity contribution in [3.05, 3.63) is 41.4 Å². The molecule has 0 saturated carbocycles. The summed E-state index contributed by atoms with van der Waals surface area (Å²) < 4.78 is 24.1. The molecule has 0 atom stereocenters. The lowest BCUT2D eigenvalue weighted by Gasteiger charge is -2.20. The SMILES string of the molecule is CN(C)C=CC(=N)SCc1cc(F)cc2c1OCOC2.Cl. The van der Waals surface area contributed by atoms with Gasteiger partial charge in [0.2, 0.25) is 0 Å². The molecule has 0 aliphatic carbocycles. The first-order chi connectivity index (χ1) is 9.56. The van der Waals surface area contributed by atoms with E-state index in [9.17, 15) is 4.39 Å². The van der Waals surface area contributed by atoms with E-state index in [0.717, 1.165) is 11.1 Å². The van der Waals surface area contributed by atoms with Crippen LogP contribution in [0.3, 0.4) is 0 Å². The van der Waals surface area contributed by atoms with Gasteiger partial charge in [-0.2, -0.15) is 0 Å². The van der Waals surface area contributed by atoms with Crippen LogP contribution in [-0.4, -0.2) is 30.8 Å². The number of hydrogen-bond acceptors (Lipinski definition) is 5. The molecule has 2 rings (SSSR count). The highest BCUT2D eigenvalue weighted by Gasteiger charge is 2.17. The van der Waals surface area contributed by atoms with E-state index in [-0.39, 0.29) is 25.0 Å². The average molecular weight is 333 g/mol. The molecular weight excluding hydrogens is 315 g/mol. The van der Waals surface area contributed by atoms with Gasteiger partial charge >= 0.3 is 0 Å². The number of halogens is 2. The number of nitrogens with zero attached hydrogens (tertiary/aromatic N) is 1.